The molecule has 0 aliphatic heterocycles. The molecule has 0 saturated carbocycles. The van der Waals surface area contributed by atoms with Gasteiger partial charge in [-0.1, -0.05) is 6.92 Å². The Balaban J connectivity index is 4.02. The molecular formula is C9H17NO2S. The van der Waals surface area contributed by atoms with E-state index >= 15 is 0 Å². The maximum Gasteiger partial charge on any atom is 0.330 e. The fraction of sp³-hybridized carbons (Fsp3) is 0.778. The van der Waals surface area contributed by atoms with E-state index in [1.807, 2.05) is 13.2 Å². The molecule has 0 rings (SSSR count). The third kappa shape index (κ3) is 5.69. The molecule has 3 nitrogen and oxygen atoms in total. The molecule has 0 fully saturated rings. The lowest BCUT2D eigenvalue weighted by Crippen LogP contribution is -2.21. The highest BCUT2D eigenvalue weighted by Crippen LogP contribution is 2.05. The average molecular weight is 203 g/mol. The van der Waals surface area contributed by atoms with Gasteiger partial charge in [0.25, 0.3) is 0 Å². The molecule has 0 amide bonds. The third-order valence-electron chi connectivity index (χ3n) is 1.54. The first-order valence-electron chi connectivity index (χ1n) is 4.34. The Morgan fingerprint density at radius 3 is 2.85 bits per heavy atom. The molecule has 4 heteroatoms. The van der Waals surface area contributed by atoms with Gasteiger partial charge in [-0.05, 0) is 31.1 Å². The minimum atomic E-state index is -0.308. The van der Waals surface area contributed by atoms with Crippen molar-refractivity contribution in [3.8, 4) is 0 Å². The molecule has 76 valence electrons. The predicted molar refractivity (Wildman–Crippen MR) is 57.6 cm³/mol. The summed E-state index contributed by atoms with van der Waals surface area (Å²) in [6.07, 6.45) is 5.39. The number of esters is 1. The van der Waals surface area contributed by atoms with Crippen molar-refractivity contribution in [2.45, 2.75) is 25.8 Å². The molecule has 0 aromatic carbocycles. The van der Waals surface area contributed by atoms with Gasteiger partial charge >= 0.3 is 5.97 Å². The van der Waals surface area contributed by atoms with Crippen molar-refractivity contribution in [3.05, 3.63) is 0 Å². The number of carbonyl (C=O) groups excluding carboxylic acids is 1. The van der Waals surface area contributed by atoms with Gasteiger partial charge in [0.1, 0.15) is 6.04 Å². The summed E-state index contributed by atoms with van der Waals surface area (Å²) >= 11 is 1.71. The zero-order chi connectivity index (χ0) is 10.1. The molecule has 0 bridgehead atoms. The number of nitrogens with zero attached hydrogens (tertiary/aromatic N) is 1. The normalized spacial score (nSPS) is 13.2. The fourth-order valence-electron chi connectivity index (χ4n) is 0.851. The lowest BCUT2D eigenvalue weighted by atomic mass is 10.2. The fourth-order valence-corrected chi connectivity index (χ4v) is 1.31. The number of ether oxygens (including phenoxy) is 1. The molecule has 13 heavy (non-hydrogen) atoms. The lowest BCUT2D eigenvalue weighted by molar-refractivity contribution is -0.142. The monoisotopic (exact) mass is 203 g/mol. The molecule has 0 aliphatic carbocycles. The van der Waals surface area contributed by atoms with Crippen LogP contribution in [0, 0.1) is 0 Å². The molecular weight excluding hydrogens is 186 g/mol. The Hall–Kier alpha value is -0.510. The Bertz CT molecular complexity index is 171. The standard InChI is InChI=1S/C9H17NO2S/c1-4-6-10-8(5-7-13-3)9(11)12-2/h6,8H,4-5,7H2,1-3H3. The van der Waals surface area contributed by atoms with Crippen LogP contribution in [0.4, 0.5) is 0 Å². The van der Waals surface area contributed by atoms with Gasteiger partial charge in [0.2, 0.25) is 0 Å². The molecule has 1 unspecified atom stereocenters. The van der Waals surface area contributed by atoms with Gasteiger partial charge in [0.15, 0.2) is 0 Å². The highest BCUT2D eigenvalue weighted by molar-refractivity contribution is 7.98. The summed E-state index contributed by atoms with van der Waals surface area (Å²) < 4.78 is 4.64. The second-order valence-electron chi connectivity index (χ2n) is 2.56. The van der Waals surface area contributed by atoms with Crippen molar-refractivity contribution in [3.63, 3.8) is 0 Å². The first-order chi connectivity index (χ1) is 6.26. The van der Waals surface area contributed by atoms with Crippen LogP contribution in [0.5, 0.6) is 0 Å². The van der Waals surface area contributed by atoms with Gasteiger partial charge in [-0.3, -0.25) is 4.99 Å². The van der Waals surface area contributed by atoms with Crippen molar-refractivity contribution >= 4 is 23.9 Å². The maximum atomic E-state index is 11.2. The summed E-state index contributed by atoms with van der Waals surface area (Å²) in [7, 11) is 1.40. The van der Waals surface area contributed by atoms with E-state index in [4.69, 9.17) is 0 Å². The summed E-state index contributed by atoms with van der Waals surface area (Å²) in [6.45, 7) is 1.99. The molecule has 0 N–H and O–H groups in total. The van der Waals surface area contributed by atoms with Crippen LogP contribution in [0.2, 0.25) is 0 Å². The highest BCUT2D eigenvalue weighted by atomic mass is 32.2. The number of aliphatic imine (C=N–C) groups is 1. The molecule has 0 aliphatic rings. The lowest BCUT2D eigenvalue weighted by Gasteiger charge is -2.08. The molecule has 0 aromatic heterocycles. The van der Waals surface area contributed by atoms with Gasteiger partial charge in [0.05, 0.1) is 7.11 Å². The van der Waals surface area contributed by atoms with E-state index in [9.17, 15) is 4.79 Å². The Kier molecular flexibility index (Phi) is 7.79. The minimum absolute atomic E-state index is 0.237. The van der Waals surface area contributed by atoms with Gasteiger partial charge in [0, 0.05) is 0 Å². The Labute approximate surface area is 84.0 Å². The number of hydrogen-bond acceptors (Lipinski definition) is 4. The van der Waals surface area contributed by atoms with E-state index in [1.165, 1.54) is 7.11 Å². The smallest absolute Gasteiger partial charge is 0.330 e. The van der Waals surface area contributed by atoms with Crippen LogP contribution in [-0.4, -0.2) is 37.3 Å². The quantitative estimate of drug-likeness (QED) is 0.488. The molecule has 1 atom stereocenters. The molecule has 0 aromatic rings. The SMILES string of the molecule is CCC=NC(CCSC)C(=O)OC. The maximum absolute atomic E-state index is 11.2. The summed E-state index contributed by atoms with van der Waals surface area (Å²) in [5.74, 6) is 0.694. The van der Waals surface area contributed by atoms with Crippen LogP contribution in [0.15, 0.2) is 4.99 Å². The number of thioether (sulfide) groups is 1. The van der Waals surface area contributed by atoms with E-state index in [0.717, 1.165) is 18.6 Å². The number of hydrogen-bond donors (Lipinski definition) is 0. The number of carbonyl (C=O) groups is 1. The molecule has 0 heterocycles. The van der Waals surface area contributed by atoms with E-state index in [1.54, 1.807) is 18.0 Å². The zero-order valence-electron chi connectivity index (χ0n) is 8.45. The van der Waals surface area contributed by atoms with Crippen LogP contribution < -0.4 is 0 Å². The largest absolute Gasteiger partial charge is 0.467 e. The molecule has 0 radical (unpaired) electrons. The number of rotatable bonds is 6. The van der Waals surface area contributed by atoms with E-state index in [-0.39, 0.29) is 12.0 Å². The summed E-state index contributed by atoms with van der Waals surface area (Å²) in [6, 6.07) is -0.308. The third-order valence-corrected chi connectivity index (χ3v) is 2.18. The topological polar surface area (TPSA) is 38.7 Å². The van der Waals surface area contributed by atoms with Crippen LogP contribution in [0.25, 0.3) is 0 Å². The minimum Gasteiger partial charge on any atom is -0.467 e. The van der Waals surface area contributed by atoms with Crippen LogP contribution >= 0.6 is 11.8 Å². The van der Waals surface area contributed by atoms with Crippen LogP contribution in [0.1, 0.15) is 19.8 Å². The number of methoxy groups -OCH3 is 1. The Morgan fingerprint density at radius 1 is 1.69 bits per heavy atom. The van der Waals surface area contributed by atoms with Crippen molar-refractivity contribution in [1.82, 2.24) is 0 Å². The van der Waals surface area contributed by atoms with Crippen molar-refractivity contribution in [1.29, 1.82) is 0 Å². The molecule has 0 spiro atoms. The molecule has 0 saturated heterocycles. The predicted octanol–water partition coefficient (Wildman–Crippen LogP) is 1.76. The summed E-state index contributed by atoms with van der Waals surface area (Å²) in [5.41, 5.74) is 0. The second kappa shape index (κ2) is 8.10. The average Bonchev–Trinajstić information content (AvgIpc) is 2.17. The van der Waals surface area contributed by atoms with Gasteiger partial charge < -0.3 is 4.74 Å². The highest BCUT2D eigenvalue weighted by Gasteiger charge is 2.15. The first kappa shape index (κ1) is 12.5. The van der Waals surface area contributed by atoms with Gasteiger partial charge in [-0.25, -0.2) is 4.79 Å². The van der Waals surface area contributed by atoms with Gasteiger partial charge in [-0.2, -0.15) is 11.8 Å². The van der Waals surface area contributed by atoms with Crippen molar-refractivity contribution in [2.75, 3.05) is 19.1 Å². The first-order valence-corrected chi connectivity index (χ1v) is 5.74. The van der Waals surface area contributed by atoms with Crippen LogP contribution in [0.3, 0.4) is 0 Å². The van der Waals surface area contributed by atoms with Crippen molar-refractivity contribution in [2.24, 2.45) is 4.99 Å². The van der Waals surface area contributed by atoms with Crippen molar-refractivity contribution < 1.29 is 9.53 Å². The summed E-state index contributed by atoms with van der Waals surface area (Å²) in [5, 5.41) is 0. The van der Waals surface area contributed by atoms with E-state index < -0.39 is 0 Å². The van der Waals surface area contributed by atoms with Gasteiger partial charge in [-0.15, -0.1) is 0 Å². The zero-order valence-corrected chi connectivity index (χ0v) is 9.26. The Morgan fingerprint density at radius 2 is 2.38 bits per heavy atom. The van der Waals surface area contributed by atoms with E-state index in [0.29, 0.717) is 0 Å². The van der Waals surface area contributed by atoms with E-state index in [2.05, 4.69) is 9.73 Å². The second-order valence-corrected chi connectivity index (χ2v) is 3.55. The van der Waals surface area contributed by atoms with Crippen LogP contribution in [-0.2, 0) is 9.53 Å². The summed E-state index contributed by atoms with van der Waals surface area (Å²) in [4.78, 5) is 15.3.